The maximum Gasteiger partial charge on any atom is 0.438 e. The largest absolute Gasteiger partial charge is 0.438 e. The standard InChI is InChI=1S/C10H11F3N4O2/c1-7-4-15-16(5-7)6-8(18)17-9(19,2-3-14-17)10(11,12)13/h3-5,19H,2,6H2,1H3. The molecule has 9 heteroatoms. The number of aryl methyl sites for hydroxylation is 1. The minimum atomic E-state index is -4.97. The van der Waals surface area contributed by atoms with Gasteiger partial charge in [-0.2, -0.15) is 28.4 Å². The van der Waals surface area contributed by atoms with Crippen molar-refractivity contribution in [3.8, 4) is 0 Å². The van der Waals surface area contributed by atoms with Crippen LogP contribution in [0.15, 0.2) is 17.5 Å². The maximum atomic E-state index is 12.8. The number of rotatable bonds is 2. The number of aromatic nitrogens is 2. The lowest BCUT2D eigenvalue weighted by Crippen LogP contribution is -2.57. The predicted octanol–water partition coefficient (Wildman–Crippen LogP) is 0.661. The first kappa shape index (κ1) is 13.5. The lowest BCUT2D eigenvalue weighted by molar-refractivity contribution is -0.302. The van der Waals surface area contributed by atoms with Crippen LogP contribution in [0.4, 0.5) is 13.2 Å². The van der Waals surface area contributed by atoms with E-state index in [-0.39, 0.29) is 5.01 Å². The molecule has 0 aromatic carbocycles. The van der Waals surface area contributed by atoms with Gasteiger partial charge in [0.25, 0.3) is 11.6 Å². The van der Waals surface area contributed by atoms with E-state index >= 15 is 0 Å². The first-order valence-corrected chi connectivity index (χ1v) is 5.38. The van der Waals surface area contributed by atoms with E-state index in [0.29, 0.717) is 0 Å². The normalized spacial score (nSPS) is 23.1. The van der Waals surface area contributed by atoms with Crippen molar-refractivity contribution in [3.05, 3.63) is 18.0 Å². The Morgan fingerprint density at radius 3 is 2.79 bits per heavy atom. The molecular weight excluding hydrogens is 265 g/mol. The van der Waals surface area contributed by atoms with Gasteiger partial charge in [-0.25, -0.2) is 0 Å². The number of amides is 1. The van der Waals surface area contributed by atoms with E-state index in [1.165, 1.54) is 17.1 Å². The Bertz CT molecular complexity index is 525. The highest BCUT2D eigenvalue weighted by Crippen LogP contribution is 2.38. The van der Waals surface area contributed by atoms with Crippen LogP contribution in [0.2, 0.25) is 0 Å². The Labute approximate surface area is 106 Å². The van der Waals surface area contributed by atoms with E-state index in [0.717, 1.165) is 11.8 Å². The Morgan fingerprint density at radius 2 is 2.26 bits per heavy atom. The zero-order valence-electron chi connectivity index (χ0n) is 9.92. The summed E-state index contributed by atoms with van der Waals surface area (Å²) in [6.45, 7) is 1.30. The summed E-state index contributed by atoms with van der Waals surface area (Å²) in [5, 5.41) is 16.7. The molecule has 0 bridgehead atoms. The van der Waals surface area contributed by atoms with E-state index < -0.39 is 30.8 Å². The molecule has 1 amide bonds. The van der Waals surface area contributed by atoms with Gasteiger partial charge in [0, 0.05) is 18.8 Å². The van der Waals surface area contributed by atoms with E-state index in [1.807, 2.05) is 0 Å². The summed E-state index contributed by atoms with van der Waals surface area (Å²) >= 11 is 0. The number of alkyl halides is 3. The summed E-state index contributed by atoms with van der Waals surface area (Å²) in [6, 6.07) is 0. The highest BCUT2D eigenvalue weighted by Gasteiger charge is 2.61. The van der Waals surface area contributed by atoms with Crippen LogP contribution in [0, 0.1) is 6.92 Å². The summed E-state index contributed by atoms with van der Waals surface area (Å²) < 4.78 is 39.4. The van der Waals surface area contributed by atoms with Crippen molar-refractivity contribution in [3.63, 3.8) is 0 Å². The van der Waals surface area contributed by atoms with Crippen molar-refractivity contribution >= 4 is 12.1 Å². The van der Waals surface area contributed by atoms with Crippen LogP contribution in [0.25, 0.3) is 0 Å². The van der Waals surface area contributed by atoms with Gasteiger partial charge in [-0.3, -0.25) is 9.48 Å². The van der Waals surface area contributed by atoms with Gasteiger partial charge in [-0.15, -0.1) is 0 Å². The molecule has 19 heavy (non-hydrogen) atoms. The van der Waals surface area contributed by atoms with Crippen molar-refractivity contribution in [1.82, 2.24) is 14.8 Å². The molecule has 1 N–H and O–H groups in total. The molecule has 104 valence electrons. The minimum absolute atomic E-state index is 0.0595. The third-order valence-corrected chi connectivity index (χ3v) is 2.67. The number of nitrogens with zero attached hydrogens (tertiary/aromatic N) is 4. The number of halogens is 3. The van der Waals surface area contributed by atoms with Crippen LogP contribution in [-0.4, -0.2) is 43.9 Å². The molecule has 1 atom stereocenters. The van der Waals surface area contributed by atoms with Crippen molar-refractivity contribution in [2.75, 3.05) is 0 Å². The second-order valence-electron chi connectivity index (χ2n) is 4.24. The minimum Gasteiger partial charge on any atom is -0.362 e. The summed E-state index contributed by atoms with van der Waals surface area (Å²) in [4.78, 5) is 11.8. The fourth-order valence-electron chi connectivity index (χ4n) is 1.70. The van der Waals surface area contributed by atoms with E-state index in [4.69, 9.17) is 0 Å². The molecule has 0 spiro atoms. The molecule has 1 aromatic heterocycles. The number of hydrogen-bond acceptors (Lipinski definition) is 4. The maximum absolute atomic E-state index is 12.8. The average Bonchev–Trinajstić information content (AvgIpc) is 2.85. The fourth-order valence-corrected chi connectivity index (χ4v) is 1.70. The molecular formula is C10H11F3N4O2. The van der Waals surface area contributed by atoms with Gasteiger partial charge in [0.1, 0.15) is 6.54 Å². The molecule has 1 aliphatic rings. The van der Waals surface area contributed by atoms with Crippen molar-refractivity contribution in [2.24, 2.45) is 5.10 Å². The lowest BCUT2D eigenvalue weighted by Gasteiger charge is -2.32. The van der Waals surface area contributed by atoms with Crippen LogP contribution in [0.1, 0.15) is 12.0 Å². The SMILES string of the molecule is Cc1cnn(CC(=O)N2N=CCC2(O)C(F)(F)F)c1. The molecule has 0 saturated heterocycles. The van der Waals surface area contributed by atoms with Crippen molar-refractivity contribution in [1.29, 1.82) is 0 Å². The summed E-state index contributed by atoms with van der Waals surface area (Å²) in [5.74, 6) is -0.989. The monoisotopic (exact) mass is 276 g/mol. The molecule has 6 nitrogen and oxygen atoms in total. The smallest absolute Gasteiger partial charge is 0.362 e. The Hall–Kier alpha value is -1.90. The number of hydrazone groups is 1. The molecule has 1 aliphatic heterocycles. The molecule has 0 radical (unpaired) electrons. The van der Waals surface area contributed by atoms with Gasteiger partial charge in [0.2, 0.25) is 0 Å². The Morgan fingerprint density at radius 1 is 1.58 bits per heavy atom. The van der Waals surface area contributed by atoms with Gasteiger partial charge in [0.15, 0.2) is 0 Å². The van der Waals surface area contributed by atoms with Crippen LogP contribution in [0.3, 0.4) is 0 Å². The summed E-state index contributed by atoms with van der Waals surface area (Å²) in [5.41, 5.74) is -2.50. The van der Waals surface area contributed by atoms with E-state index in [1.54, 1.807) is 6.92 Å². The van der Waals surface area contributed by atoms with Crippen molar-refractivity contribution < 1.29 is 23.1 Å². The third-order valence-electron chi connectivity index (χ3n) is 2.67. The van der Waals surface area contributed by atoms with Gasteiger partial charge >= 0.3 is 6.18 Å². The predicted molar refractivity (Wildman–Crippen MR) is 57.9 cm³/mol. The topological polar surface area (TPSA) is 70.7 Å². The molecule has 1 unspecified atom stereocenters. The van der Waals surface area contributed by atoms with E-state index in [2.05, 4.69) is 10.2 Å². The molecule has 0 aliphatic carbocycles. The summed E-state index contributed by atoms with van der Waals surface area (Å²) in [6.07, 6.45) is -1.92. The first-order chi connectivity index (χ1) is 8.74. The first-order valence-electron chi connectivity index (χ1n) is 5.38. The zero-order chi connectivity index (χ0) is 14.3. The Balaban J connectivity index is 2.16. The van der Waals surface area contributed by atoms with Crippen LogP contribution in [0.5, 0.6) is 0 Å². The molecule has 1 aromatic rings. The van der Waals surface area contributed by atoms with Crippen LogP contribution >= 0.6 is 0 Å². The van der Waals surface area contributed by atoms with E-state index in [9.17, 15) is 23.1 Å². The second kappa shape index (κ2) is 4.34. The fraction of sp³-hybridized carbons (Fsp3) is 0.500. The highest BCUT2D eigenvalue weighted by molar-refractivity contribution is 5.80. The number of hydrogen-bond donors (Lipinski definition) is 1. The van der Waals surface area contributed by atoms with Crippen LogP contribution in [-0.2, 0) is 11.3 Å². The second-order valence-corrected chi connectivity index (χ2v) is 4.24. The third kappa shape index (κ3) is 2.33. The lowest BCUT2D eigenvalue weighted by atomic mass is 10.1. The van der Waals surface area contributed by atoms with Gasteiger partial charge in [-0.1, -0.05) is 0 Å². The number of carbonyl (C=O) groups is 1. The highest BCUT2D eigenvalue weighted by atomic mass is 19.4. The van der Waals surface area contributed by atoms with Gasteiger partial charge in [-0.05, 0) is 12.5 Å². The number of aliphatic hydroxyl groups is 1. The quantitative estimate of drug-likeness (QED) is 0.862. The average molecular weight is 276 g/mol. The molecule has 2 rings (SSSR count). The van der Waals surface area contributed by atoms with Gasteiger partial charge < -0.3 is 5.11 Å². The van der Waals surface area contributed by atoms with Crippen molar-refractivity contribution in [2.45, 2.75) is 31.8 Å². The Kier molecular flexibility index (Phi) is 3.09. The molecule has 2 heterocycles. The number of carbonyl (C=O) groups excluding carboxylic acids is 1. The summed E-state index contributed by atoms with van der Waals surface area (Å²) in [7, 11) is 0. The van der Waals surface area contributed by atoms with Crippen LogP contribution < -0.4 is 0 Å². The molecule has 0 fully saturated rings. The van der Waals surface area contributed by atoms with Gasteiger partial charge in [0.05, 0.1) is 6.20 Å². The molecule has 0 saturated carbocycles. The zero-order valence-corrected chi connectivity index (χ0v) is 9.92.